The van der Waals surface area contributed by atoms with E-state index in [2.05, 4.69) is 125 Å². The van der Waals surface area contributed by atoms with Gasteiger partial charge in [-0.15, -0.1) is 0 Å². The maximum atomic E-state index is 5.23. The van der Waals surface area contributed by atoms with Crippen LogP contribution in [0.15, 0.2) is 48.5 Å². The third-order valence-electron chi connectivity index (χ3n) is 6.53. The Bertz CT molecular complexity index is 1450. The van der Waals surface area contributed by atoms with Crippen LogP contribution in [0.25, 0.3) is 43.6 Å². The molecule has 0 aliphatic rings. The van der Waals surface area contributed by atoms with Gasteiger partial charge in [-0.25, -0.2) is 9.97 Å². The van der Waals surface area contributed by atoms with Gasteiger partial charge in [0.15, 0.2) is 0 Å². The first kappa shape index (κ1) is 22.0. The summed E-state index contributed by atoms with van der Waals surface area (Å²) >= 11 is 0. The molecule has 1 aromatic heterocycles. The molecule has 0 spiro atoms. The van der Waals surface area contributed by atoms with Crippen molar-refractivity contribution >= 4 is 66.4 Å². The maximum Gasteiger partial charge on any atom is 0.0975 e. The van der Waals surface area contributed by atoms with E-state index in [4.69, 9.17) is 9.97 Å². The Hall–Kier alpha value is -3.80. The lowest BCUT2D eigenvalue weighted by Crippen LogP contribution is -2.14. The second-order valence-electron chi connectivity index (χ2n) is 9.73. The number of aromatic nitrogens is 2. The van der Waals surface area contributed by atoms with Crippen LogP contribution in [0.5, 0.6) is 0 Å². The van der Waals surface area contributed by atoms with Gasteiger partial charge < -0.3 is 19.6 Å². The Morgan fingerprint density at radius 3 is 1.15 bits per heavy atom. The Labute approximate surface area is 201 Å². The molecule has 0 aliphatic carbocycles. The molecule has 5 aromatic rings. The van der Waals surface area contributed by atoms with Crippen LogP contribution in [0.1, 0.15) is 0 Å². The van der Waals surface area contributed by atoms with E-state index < -0.39 is 0 Å². The van der Waals surface area contributed by atoms with Gasteiger partial charge in [0.25, 0.3) is 0 Å². The number of hydrogen-bond acceptors (Lipinski definition) is 6. The third kappa shape index (κ3) is 3.24. The summed E-state index contributed by atoms with van der Waals surface area (Å²) in [5, 5.41) is 4.63. The summed E-state index contributed by atoms with van der Waals surface area (Å²) in [5.74, 6) is 0. The standard InChI is InChI=1S/C28H32N6/c1-31(2)21-13-9-11-17-25(21)23(33(5)6)15-19-27(17)29-20-16-24(34(7)8)26-18(28(20)30-19)12-10-14-22(26)32(3)4/h9-16H,1-8H3. The van der Waals surface area contributed by atoms with Crippen LogP contribution in [-0.2, 0) is 0 Å². The van der Waals surface area contributed by atoms with Crippen molar-refractivity contribution in [3.05, 3.63) is 48.5 Å². The fourth-order valence-electron chi connectivity index (χ4n) is 4.93. The molecule has 4 aromatic carbocycles. The Kier molecular flexibility index (Phi) is 5.12. The lowest BCUT2D eigenvalue weighted by atomic mass is 10.0. The molecule has 34 heavy (non-hydrogen) atoms. The normalized spacial score (nSPS) is 11.5. The van der Waals surface area contributed by atoms with Gasteiger partial charge in [0.05, 0.1) is 22.1 Å². The molecule has 0 N–H and O–H groups in total. The molecule has 0 amide bonds. The SMILES string of the molecule is CN(C)c1cccc2c1c(N(C)C)cc1nc3c(cc(N(C)C)c4c(N(C)C)cccc43)nc12. The minimum atomic E-state index is 0.911. The molecule has 6 heteroatoms. The van der Waals surface area contributed by atoms with Gasteiger partial charge in [0.1, 0.15) is 0 Å². The lowest BCUT2D eigenvalue weighted by molar-refractivity contribution is 1.12. The second kappa shape index (κ2) is 7.90. The summed E-state index contributed by atoms with van der Waals surface area (Å²) in [6.45, 7) is 0. The Morgan fingerprint density at radius 1 is 0.471 bits per heavy atom. The second-order valence-corrected chi connectivity index (χ2v) is 9.73. The van der Waals surface area contributed by atoms with Crippen molar-refractivity contribution in [2.45, 2.75) is 0 Å². The molecule has 174 valence electrons. The summed E-state index contributed by atoms with van der Waals surface area (Å²) in [7, 11) is 16.7. The van der Waals surface area contributed by atoms with Gasteiger partial charge in [-0.05, 0) is 24.3 Å². The van der Waals surface area contributed by atoms with Gasteiger partial charge in [-0.1, -0.05) is 24.3 Å². The minimum absolute atomic E-state index is 0.911. The minimum Gasteiger partial charge on any atom is -0.377 e. The molecule has 0 unspecified atom stereocenters. The average molecular weight is 453 g/mol. The Balaban J connectivity index is 1.99. The number of anilines is 4. The number of rotatable bonds is 4. The highest BCUT2D eigenvalue weighted by Gasteiger charge is 2.19. The topological polar surface area (TPSA) is 38.7 Å². The molecule has 5 rings (SSSR count). The van der Waals surface area contributed by atoms with E-state index >= 15 is 0 Å². The van der Waals surface area contributed by atoms with E-state index in [1.165, 1.54) is 22.1 Å². The summed E-state index contributed by atoms with van der Waals surface area (Å²) in [4.78, 5) is 19.1. The van der Waals surface area contributed by atoms with Gasteiger partial charge in [0.2, 0.25) is 0 Å². The van der Waals surface area contributed by atoms with E-state index in [0.29, 0.717) is 0 Å². The molecular formula is C28H32N6. The average Bonchev–Trinajstić information content (AvgIpc) is 2.80. The zero-order chi connectivity index (χ0) is 24.3. The van der Waals surface area contributed by atoms with Crippen LogP contribution in [0, 0.1) is 0 Å². The van der Waals surface area contributed by atoms with Crippen molar-refractivity contribution in [3.63, 3.8) is 0 Å². The first-order chi connectivity index (χ1) is 16.2. The quantitative estimate of drug-likeness (QED) is 0.270. The number of hydrogen-bond donors (Lipinski definition) is 0. The van der Waals surface area contributed by atoms with Crippen LogP contribution in [0.4, 0.5) is 22.7 Å². The van der Waals surface area contributed by atoms with Crippen molar-refractivity contribution in [2.75, 3.05) is 76.0 Å². The highest BCUT2D eigenvalue weighted by atomic mass is 15.1. The van der Waals surface area contributed by atoms with E-state index in [9.17, 15) is 0 Å². The zero-order valence-electron chi connectivity index (χ0n) is 21.3. The van der Waals surface area contributed by atoms with Crippen molar-refractivity contribution in [2.24, 2.45) is 0 Å². The molecule has 0 radical (unpaired) electrons. The van der Waals surface area contributed by atoms with Crippen molar-refractivity contribution in [3.8, 4) is 0 Å². The summed E-state index contributed by atoms with van der Waals surface area (Å²) < 4.78 is 0. The van der Waals surface area contributed by atoms with Crippen molar-refractivity contribution < 1.29 is 0 Å². The number of fused-ring (bicyclic) bond motifs is 6. The maximum absolute atomic E-state index is 5.23. The first-order valence-electron chi connectivity index (χ1n) is 11.5. The molecule has 0 saturated carbocycles. The fraction of sp³-hybridized carbons (Fsp3) is 0.286. The largest absolute Gasteiger partial charge is 0.377 e. The highest BCUT2D eigenvalue weighted by molar-refractivity contribution is 6.20. The van der Waals surface area contributed by atoms with Crippen LogP contribution in [-0.4, -0.2) is 66.3 Å². The van der Waals surface area contributed by atoms with Crippen LogP contribution >= 0.6 is 0 Å². The van der Waals surface area contributed by atoms with Crippen LogP contribution in [0.2, 0.25) is 0 Å². The zero-order valence-corrected chi connectivity index (χ0v) is 21.3. The summed E-state index contributed by atoms with van der Waals surface area (Å²) in [6.07, 6.45) is 0. The molecule has 6 nitrogen and oxygen atoms in total. The highest BCUT2D eigenvalue weighted by Crippen LogP contribution is 2.41. The first-order valence-corrected chi connectivity index (χ1v) is 11.5. The van der Waals surface area contributed by atoms with Crippen LogP contribution < -0.4 is 19.6 Å². The molecule has 0 bridgehead atoms. The number of benzene rings is 4. The van der Waals surface area contributed by atoms with Gasteiger partial charge >= 0.3 is 0 Å². The van der Waals surface area contributed by atoms with E-state index in [1.54, 1.807) is 0 Å². The summed E-state index contributed by atoms with van der Waals surface area (Å²) in [5.41, 5.74) is 8.32. The molecule has 1 heterocycles. The molecule has 0 saturated heterocycles. The molecule has 0 atom stereocenters. The smallest absolute Gasteiger partial charge is 0.0975 e. The van der Waals surface area contributed by atoms with Gasteiger partial charge in [0, 0.05) is 101 Å². The monoisotopic (exact) mass is 452 g/mol. The van der Waals surface area contributed by atoms with Gasteiger partial charge in [-0.2, -0.15) is 0 Å². The Morgan fingerprint density at radius 2 is 0.824 bits per heavy atom. The van der Waals surface area contributed by atoms with Gasteiger partial charge in [-0.3, -0.25) is 0 Å². The predicted molar refractivity (Wildman–Crippen MR) is 149 cm³/mol. The summed E-state index contributed by atoms with van der Waals surface area (Å²) in [6, 6.07) is 17.2. The van der Waals surface area contributed by atoms with E-state index in [-0.39, 0.29) is 0 Å². The van der Waals surface area contributed by atoms with Crippen LogP contribution in [0.3, 0.4) is 0 Å². The molecule has 0 fully saturated rings. The van der Waals surface area contributed by atoms with Crippen molar-refractivity contribution in [1.82, 2.24) is 9.97 Å². The lowest BCUT2D eigenvalue weighted by Gasteiger charge is -2.24. The fourth-order valence-corrected chi connectivity index (χ4v) is 4.93. The van der Waals surface area contributed by atoms with Crippen molar-refractivity contribution in [1.29, 1.82) is 0 Å². The molecule has 0 aliphatic heterocycles. The third-order valence-corrected chi connectivity index (χ3v) is 6.53. The predicted octanol–water partition coefficient (Wildman–Crippen LogP) is 5.35. The van der Waals surface area contributed by atoms with E-state index in [1.807, 2.05) is 0 Å². The molecular weight excluding hydrogens is 420 g/mol. The number of nitrogens with zero attached hydrogens (tertiary/aromatic N) is 6. The van der Waals surface area contributed by atoms with E-state index in [0.717, 1.165) is 44.2 Å².